The van der Waals surface area contributed by atoms with E-state index >= 15 is 0 Å². The molecule has 1 aliphatic heterocycles. The third-order valence-corrected chi connectivity index (χ3v) is 5.90. The molecule has 1 aromatic carbocycles. The molecule has 0 aliphatic carbocycles. The fraction of sp³-hybridized carbons (Fsp3) is 0.478. The highest BCUT2D eigenvalue weighted by Gasteiger charge is 2.39. The lowest BCUT2D eigenvalue weighted by Crippen LogP contribution is -2.62. The maximum atomic E-state index is 10.6. The average molecular weight is 422 g/mol. The van der Waals surface area contributed by atoms with Crippen molar-refractivity contribution in [2.75, 3.05) is 11.9 Å². The van der Waals surface area contributed by atoms with Crippen LogP contribution in [-0.2, 0) is 7.05 Å². The van der Waals surface area contributed by atoms with E-state index in [4.69, 9.17) is 0 Å². The van der Waals surface area contributed by atoms with Crippen LogP contribution in [-0.4, -0.2) is 54.2 Å². The standard InChI is InChI=1S/C23H31N7O/c1-22(2)10-17(11-23(3,4)28-22)30(6)20-13-24-21(27-26-20)18-8-7-15(9-19(18)31)16-12-25-29(5)14-16/h7-9,12-14,17,28,31H,10-11H2,1-6H3. The summed E-state index contributed by atoms with van der Waals surface area (Å²) in [6.45, 7) is 8.94. The van der Waals surface area contributed by atoms with Crippen molar-refractivity contribution >= 4 is 5.82 Å². The minimum absolute atomic E-state index is 0.0449. The van der Waals surface area contributed by atoms with Gasteiger partial charge in [-0.15, -0.1) is 10.2 Å². The summed E-state index contributed by atoms with van der Waals surface area (Å²) in [5, 5.41) is 27.2. The topological polar surface area (TPSA) is 92.0 Å². The molecule has 8 heteroatoms. The molecule has 2 N–H and O–H groups in total. The lowest BCUT2D eigenvalue weighted by atomic mass is 9.79. The van der Waals surface area contributed by atoms with Gasteiger partial charge in [-0.3, -0.25) is 4.68 Å². The van der Waals surface area contributed by atoms with Crippen molar-refractivity contribution in [2.24, 2.45) is 7.05 Å². The van der Waals surface area contributed by atoms with Gasteiger partial charge in [-0.1, -0.05) is 6.07 Å². The third-order valence-electron chi connectivity index (χ3n) is 5.90. The minimum atomic E-state index is 0.0449. The van der Waals surface area contributed by atoms with Crippen LogP contribution in [0.25, 0.3) is 22.5 Å². The lowest BCUT2D eigenvalue weighted by Gasteiger charge is -2.49. The Bertz CT molecular complexity index is 1060. The molecule has 0 bridgehead atoms. The van der Waals surface area contributed by atoms with E-state index in [2.05, 4.69) is 58.2 Å². The molecule has 1 fully saturated rings. The van der Waals surface area contributed by atoms with Crippen LogP contribution in [0.15, 0.2) is 36.8 Å². The number of piperidine rings is 1. The first-order valence-electron chi connectivity index (χ1n) is 10.6. The molecule has 31 heavy (non-hydrogen) atoms. The molecule has 0 spiro atoms. The Hall–Kier alpha value is -3.00. The first-order valence-corrected chi connectivity index (χ1v) is 10.6. The Morgan fingerprint density at radius 1 is 1.06 bits per heavy atom. The van der Waals surface area contributed by atoms with Crippen molar-refractivity contribution in [1.29, 1.82) is 0 Å². The van der Waals surface area contributed by atoms with E-state index in [0.29, 0.717) is 17.4 Å². The summed E-state index contributed by atoms with van der Waals surface area (Å²) in [7, 11) is 3.91. The van der Waals surface area contributed by atoms with Crippen molar-refractivity contribution in [1.82, 2.24) is 30.3 Å². The smallest absolute Gasteiger partial charge is 0.185 e. The normalized spacial score (nSPS) is 18.1. The average Bonchev–Trinajstić information content (AvgIpc) is 3.11. The first kappa shape index (κ1) is 21.2. The molecule has 2 aromatic heterocycles. The quantitative estimate of drug-likeness (QED) is 0.667. The molecule has 0 atom stereocenters. The van der Waals surface area contributed by atoms with E-state index in [-0.39, 0.29) is 16.8 Å². The third kappa shape index (κ3) is 4.54. The van der Waals surface area contributed by atoms with Crippen molar-refractivity contribution in [3.63, 3.8) is 0 Å². The Balaban J connectivity index is 1.54. The second kappa shape index (κ2) is 7.60. The predicted molar refractivity (Wildman–Crippen MR) is 122 cm³/mol. The highest BCUT2D eigenvalue weighted by Crippen LogP contribution is 2.34. The number of phenols is 1. The van der Waals surface area contributed by atoms with Gasteiger partial charge in [0.15, 0.2) is 11.6 Å². The van der Waals surface area contributed by atoms with Crippen LogP contribution in [0.2, 0.25) is 0 Å². The number of hydrogen-bond acceptors (Lipinski definition) is 7. The van der Waals surface area contributed by atoms with Crippen LogP contribution in [0.5, 0.6) is 5.75 Å². The van der Waals surface area contributed by atoms with E-state index in [0.717, 1.165) is 29.8 Å². The van der Waals surface area contributed by atoms with Gasteiger partial charge in [-0.2, -0.15) is 5.10 Å². The fourth-order valence-corrected chi connectivity index (χ4v) is 4.75. The van der Waals surface area contributed by atoms with Gasteiger partial charge in [0, 0.05) is 43.0 Å². The van der Waals surface area contributed by atoms with E-state index in [1.54, 1.807) is 23.1 Å². The lowest BCUT2D eigenvalue weighted by molar-refractivity contribution is 0.160. The molecular formula is C23H31N7O. The van der Waals surface area contributed by atoms with E-state index in [9.17, 15) is 5.11 Å². The van der Waals surface area contributed by atoms with Gasteiger partial charge in [0.05, 0.1) is 18.0 Å². The number of rotatable bonds is 4. The van der Waals surface area contributed by atoms with Gasteiger partial charge in [0.1, 0.15) is 5.75 Å². The summed E-state index contributed by atoms with van der Waals surface area (Å²) in [6, 6.07) is 5.78. The Kier molecular flexibility index (Phi) is 5.21. The zero-order chi connectivity index (χ0) is 22.4. The van der Waals surface area contributed by atoms with Crippen LogP contribution in [0.3, 0.4) is 0 Å². The maximum Gasteiger partial charge on any atom is 0.185 e. The molecule has 0 amide bonds. The van der Waals surface area contributed by atoms with Crippen LogP contribution >= 0.6 is 0 Å². The molecule has 164 valence electrons. The van der Waals surface area contributed by atoms with Crippen molar-refractivity contribution in [2.45, 2.75) is 57.7 Å². The monoisotopic (exact) mass is 421 g/mol. The van der Waals surface area contributed by atoms with Crippen LogP contribution in [0.1, 0.15) is 40.5 Å². The van der Waals surface area contributed by atoms with E-state index < -0.39 is 0 Å². The van der Waals surface area contributed by atoms with Gasteiger partial charge < -0.3 is 15.3 Å². The molecule has 1 saturated heterocycles. The predicted octanol–water partition coefficient (Wildman–Crippen LogP) is 3.39. The number of anilines is 1. The molecule has 0 unspecified atom stereocenters. The van der Waals surface area contributed by atoms with Crippen molar-refractivity contribution < 1.29 is 5.11 Å². The number of benzene rings is 1. The Morgan fingerprint density at radius 2 is 1.77 bits per heavy atom. The molecule has 0 saturated carbocycles. The summed E-state index contributed by atoms with van der Waals surface area (Å²) < 4.78 is 1.73. The number of phenolic OH excluding ortho intramolecular Hbond substituents is 1. The maximum absolute atomic E-state index is 10.6. The summed E-state index contributed by atoms with van der Waals surface area (Å²) in [4.78, 5) is 6.66. The number of aryl methyl sites for hydroxylation is 1. The van der Waals surface area contributed by atoms with Gasteiger partial charge in [0.2, 0.25) is 0 Å². The Morgan fingerprint density at radius 3 is 2.32 bits per heavy atom. The number of aromatic nitrogens is 5. The van der Waals surface area contributed by atoms with Gasteiger partial charge in [-0.25, -0.2) is 4.98 Å². The minimum Gasteiger partial charge on any atom is -0.507 e. The highest BCUT2D eigenvalue weighted by molar-refractivity contribution is 5.72. The fourth-order valence-electron chi connectivity index (χ4n) is 4.75. The first-order chi connectivity index (χ1) is 14.5. The molecule has 0 radical (unpaired) electrons. The molecule has 1 aliphatic rings. The van der Waals surface area contributed by atoms with Gasteiger partial charge in [-0.05, 0) is 58.2 Å². The van der Waals surface area contributed by atoms with Gasteiger partial charge >= 0.3 is 0 Å². The number of nitrogens with zero attached hydrogens (tertiary/aromatic N) is 6. The second-order valence-electron chi connectivity index (χ2n) is 9.84. The zero-order valence-electron chi connectivity index (χ0n) is 19.1. The van der Waals surface area contributed by atoms with Crippen LogP contribution in [0, 0.1) is 0 Å². The Labute approximate surface area is 183 Å². The summed E-state index contributed by atoms with van der Waals surface area (Å²) in [6.07, 6.45) is 7.42. The van der Waals surface area contributed by atoms with Crippen molar-refractivity contribution in [3.8, 4) is 28.3 Å². The SMILES string of the molecule is CN(c1cnc(-c2ccc(-c3cnn(C)c3)cc2O)nn1)C1CC(C)(C)NC(C)(C)C1. The molecule has 3 heterocycles. The molecular weight excluding hydrogens is 390 g/mol. The summed E-state index contributed by atoms with van der Waals surface area (Å²) in [5.74, 6) is 1.25. The highest BCUT2D eigenvalue weighted by atomic mass is 16.3. The number of aromatic hydroxyl groups is 1. The molecule has 8 nitrogen and oxygen atoms in total. The van der Waals surface area contributed by atoms with Crippen LogP contribution in [0.4, 0.5) is 5.82 Å². The zero-order valence-corrected chi connectivity index (χ0v) is 19.1. The van der Waals surface area contributed by atoms with Crippen molar-refractivity contribution in [3.05, 3.63) is 36.8 Å². The molecule has 3 aromatic rings. The van der Waals surface area contributed by atoms with Crippen LogP contribution < -0.4 is 10.2 Å². The number of hydrogen-bond donors (Lipinski definition) is 2. The number of nitrogens with one attached hydrogen (secondary N) is 1. The largest absolute Gasteiger partial charge is 0.507 e. The van der Waals surface area contributed by atoms with Gasteiger partial charge in [0.25, 0.3) is 0 Å². The second-order valence-corrected chi connectivity index (χ2v) is 9.84. The van der Waals surface area contributed by atoms with E-state index in [1.165, 1.54) is 0 Å². The molecule has 4 rings (SSSR count). The summed E-state index contributed by atoms with van der Waals surface area (Å²) >= 11 is 0. The summed E-state index contributed by atoms with van der Waals surface area (Å²) in [5.41, 5.74) is 2.47. The van der Waals surface area contributed by atoms with E-state index in [1.807, 2.05) is 32.4 Å².